The number of carbonyl (C=O) groups excluding carboxylic acids is 1. The van der Waals surface area contributed by atoms with Crippen LogP contribution in [0.3, 0.4) is 0 Å². The van der Waals surface area contributed by atoms with Gasteiger partial charge in [-0.2, -0.15) is 0 Å². The first kappa shape index (κ1) is 24.5. The predicted octanol–water partition coefficient (Wildman–Crippen LogP) is 4.48. The van der Waals surface area contributed by atoms with Crippen LogP contribution in [0.5, 0.6) is 11.5 Å². The third-order valence-corrected chi connectivity index (χ3v) is 8.13. The Morgan fingerprint density at radius 1 is 1.21 bits per heavy atom. The molecule has 0 spiro atoms. The molecule has 8 nitrogen and oxygen atoms in total. The molecule has 0 radical (unpaired) electrons. The summed E-state index contributed by atoms with van der Waals surface area (Å²) in [4.78, 5) is 15.0. The summed E-state index contributed by atoms with van der Waals surface area (Å²) in [6.07, 6.45) is 3.97. The van der Waals surface area contributed by atoms with Gasteiger partial charge in [0.15, 0.2) is 5.75 Å². The predicted molar refractivity (Wildman–Crippen MR) is 133 cm³/mol. The van der Waals surface area contributed by atoms with Crippen molar-refractivity contribution < 1.29 is 18.5 Å². The summed E-state index contributed by atoms with van der Waals surface area (Å²) in [6.45, 7) is 5.61. The normalized spacial score (nSPS) is 23.2. The molecule has 0 saturated carbocycles. The summed E-state index contributed by atoms with van der Waals surface area (Å²) >= 11 is 0. The lowest BCUT2D eigenvalue weighted by Crippen LogP contribution is -2.56. The van der Waals surface area contributed by atoms with Crippen LogP contribution in [0.15, 0.2) is 47.4 Å². The van der Waals surface area contributed by atoms with Crippen molar-refractivity contribution in [2.45, 2.75) is 43.5 Å². The fraction of sp³-hybridized carbons (Fsp3) is 0.480. The Morgan fingerprint density at radius 2 is 1.94 bits per heavy atom. The van der Waals surface area contributed by atoms with E-state index in [1.165, 1.54) is 13.2 Å². The number of unbranched alkanes of at least 4 members (excludes halogenated alkanes) is 1. The van der Waals surface area contributed by atoms with Crippen LogP contribution in [0.1, 0.15) is 43.0 Å². The van der Waals surface area contributed by atoms with Crippen LogP contribution >= 0.6 is 0 Å². The highest BCUT2D eigenvalue weighted by molar-refractivity contribution is 7.90. The number of nitrogens with zero attached hydrogens (tertiary/aromatic N) is 1. The Bertz CT molecular complexity index is 1100. The Balaban J connectivity index is 1.76. The van der Waals surface area contributed by atoms with Gasteiger partial charge in [-0.1, -0.05) is 31.5 Å². The zero-order valence-corrected chi connectivity index (χ0v) is 20.7. The van der Waals surface area contributed by atoms with Crippen molar-refractivity contribution in [3.05, 3.63) is 48.0 Å². The number of piperidine rings is 3. The molecule has 5 rings (SSSR count). The van der Waals surface area contributed by atoms with E-state index in [2.05, 4.69) is 21.9 Å². The van der Waals surface area contributed by atoms with Crippen molar-refractivity contribution in [1.82, 2.24) is 9.62 Å². The molecule has 9 heteroatoms. The van der Waals surface area contributed by atoms with E-state index in [0.717, 1.165) is 45.3 Å². The smallest absolute Gasteiger partial charge is 0.337 e. The van der Waals surface area contributed by atoms with E-state index in [4.69, 9.17) is 14.3 Å². The van der Waals surface area contributed by atoms with E-state index in [1.807, 2.05) is 18.2 Å². The van der Waals surface area contributed by atoms with E-state index in [0.29, 0.717) is 29.6 Å². The summed E-state index contributed by atoms with van der Waals surface area (Å²) < 4.78 is 37.2. The average Bonchev–Trinajstić information content (AvgIpc) is 2.85. The van der Waals surface area contributed by atoms with Gasteiger partial charge in [0.2, 0.25) is 0 Å². The topological polar surface area (TPSA) is 104 Å². The van der Waals surface area contributed by atoms with Crippen LogP contribution in [0.2, 0.25) is 0 Å². The molecule has 3 heterocycles. The molecular weight excluding hydrogens is 452 g/mol. The van der Waals surface area contributed by atoms with Crippen molar-refractivity contribution in [3.63, 3.8) is 0 Å². The Morgan fingerprint density at radius 3 is 2.56 bits per heavy atom. The maximum absolute atomic E-state index is 14.0. The van der Waals surface area contributed by atoms with E-state index >= 15 is 0 Å². The van der Waals surface area contributed by atoms with Crippen molar-refractivity contribution >= 4 is 21.6 Å². The molecule has 3 N–H and O–H groups in total. The molecule has 3 fully saturated rings. The van der Waals surface area contributed by atoms with Crippen LogP contribution in [0.25, 0.3) is 0 Å². The van der Waals surface area contributed by atoms with Crippen molar-refractivity contribution in [1.29, 1.82) is 4.78 Å². The van der Waals surface area contributed by atoms with Gasteiger partial charge in [0.25, 0.3) is 0 Å². The van der Waals surface area contributed by atoms with E-state index < -0.39 is 15.9 Å². The summed E-state index contributed by atoms with van der Waals surface area (Å²) in [7, 11) is -2.19. The third kappa shape index (κ3) is 5.54. The lowest BCUT2D eigenvalue weighted by molar-refractivity contribution is 0.0600. The maximum Gasteiger partial charge on any atom is 0.337 e. The first-order valence-electron chi connectivity index (χ1n) is 11.9. The number of hydrogen-bond acceptors (Lipinski definition) is 7. The number of carbonyl (C=O) groups is 1. The molecule has 2 aromatic rings. The number of ether oxygens (including phenoxy) is 2. The highest BCUT2D eigenvalue weighted by Crippen LogP contribution is 2.39. The van der Waals surface area contributed by atoms with Crippen LogP contribution in [0, 0.1) is 10.7 Å². The zero-order valence-electron chi connectivity index (χ0n) is 19.8. The lowest BCUT2D eigenvalue weighted by Gasteiger charge is -2.45. The highest BCUT2D eigenvalue weighted by atomic mass is 32.2. The van der Waals surface area contributed by atoms with Gasteiger partial charge in [0.05, 0.1) is 18.4 Å². The van der Waals surface area contributed by atoms with E-state index in [-0.39, 0.29) is 16.5 Å². The van der Waals surface area contributed by atoms with Gasteiger partial charge in [-0.05, 0) is 62.5 Å². The SMILES string of the molecule is CCCCNc1cc(C(=O)OC)cc(S(=N)(=O)NC2CN3CCC2CC3)c1Oc1ccccc1. The minimum Gasteiger partial charge on any atom is -0.465 e. The quantitative estimate of drug-likeness (QED) is 0.338. The molecule has 2 unspecified atom stereocenters. The molecule has 2 aromatic carbocycles. The van der Waals surface area contributed by atoms with Crippen LogP contribution in [-0.2, 0) is 14.7 Å². The monoisotopic (exact) mass is 486 g/mol. The van der Waals surface area contributed by atoms with E-state index in [9.17, 15) is 9.00 Å². The standard InChI is InChI=1S/C25H34N4O4S/c1-3-4-12-27-21-15-19(25(30)32-2)16-23(24(21)33-20-8-6-5-7-9-20)34(26,31)28-22-17-29-13-10-18(22)11-14-29/h5-9,15-16,18,22,27H,3-4,10-14,17H2,1-2H3,(H2,26,28,31). The van der Waals surface area contributed by atoms with Crippen LogP contribution < -0.4 is 14.8 Å². The van der Waals surface area contributed by atoms with Gasteiger partial charge in [-0.25, -0.2) is 18.5 Å². The fourth-order valence-electron chi connectivity index (χ4n) is 4.67. The van der Waals surface area contributed by atoms with Gasteiger partial charge in [-0.15, -0.1) is 0 Å². The first-order valence-corrected chi connectivity index (χ1v) is 13.5. The number of benzene rings is 2. The molecule has 3 aliphatic heterocycles. The molecule has 34 heavy (non-hydrogen) atoms. The number of methoxy groups -OCH3 is 1. The number of fused-ring (bicyclic) bond motifs is 3. The van der Waals surface area contributed by atoms with Gasteiger partial charge < -0.3 is 19.7 Å². The lowest BCUT2D eigenvalue weighted by atomic mass is 9.85. The summed E-state index contributed by atoms with van der Waals surface area (Å²) in [5, 5.41) is 3.32. The maximum atomic E-state index is 14.0. The number of para-hydroxylation sites is 1. The minimum atomic E-state index is -3.50. The molecule has 0 aromatic heterocycles. The second-order valence-corrected chi connectivity index (χ2v) is 10.7. The van der Waals surface area contributed by atoms with Crippen molar-refractivity contribution in [2.24, 2.45) is 5.92 Å². The molecule has 3 saturated heterocycles. The fourth-order valence-corrected chi connectivity index (χ4v) is 6.20. The zero-order chi connectivity index (χ0) is 24.1. The minimum absolute atomic E-state index is 0.0460. The first-order chi connectivity index (χ1) is 16.4. The largest absolute Gasteiger partial charge is 0.465 e. The number of anilines is 1. The second kappa shape index (κ2) is 10.8. The molecule has 2 bridgehead atoms. The van der Waals surface area contributed by atoms with E-state index in [1.54, 1.807) is 18.2 Å². The molecule has 2 atom stereocenters. The van der Waals surface area contributed by atoms with Crippen molar-refractivity contribution in [2.75, 3.05) is 38.6 Å². The van der Waals surface area contributed by atoms with Gasteiger partial charge in [-0.3, -0.25) is 0 Å². The molecule has 3 aliphatic rings. The Labute approximate surface area is 202 Å². The number of hydrogen-bond donors (Lipinski definition) is 3. The van der Waals surface area contributed by atoms with Crippen LogP contribution in [-0.4, -0.2) is 54.4 Å². The number of nitrogens with one attached hydrogen (secondary N) is 3. The Hall–Kier alpha value is -2.62. The highest BCUT2D eigenvalue weighted by Gasteiger charge is 2.36. The molecular formula is C25H34N4O4S. The molecule has 0 aliphatic carbocycles. The van der Waals surface area contributed by atoms with Gasteiger partial charge in [0, 0.05) is 19.1 Å². The summed E-state index contributed by atoms with van der Waals surface area (Å²) in [5.74, 6) is 0.694. The van der Waals surface area contributed by atoms with Gasteiger partial charge in [0.1, 0.15) is 20.6 Å². The molecule has 184 valence electrons. The second-order valence-electron chi connectivity index (χ2n) is 8.96. The van der Waals surface area contributed by atoms with Crippen LogP contribution in [0.4, 0.5) is 5.69 Å². The third-order valence-electron chi connectivity index (χ3n) is 6.57. The number of esters is 1. The van der Waals surface area contributed by atoms with Gasteiger partial charge >= 0.3 is 5.97 Å². The average molecular weight is 487 g/mol. The molecule has 0 amide bonds. The Kier molecular flexibility index (Phi) is 7.75. The summed E-state index contributed by atoms with van der Waals surface area (Å²) in [6, 6.07) is 12.3. The number of rotatable bonds is 10. The van der Waals surface area contributed by atoms with Crippen molar-refractivity contribution in [3.8, 4) is 11.5 Å². The summed E-state index contributed by atoms with van der Waals surface area (Å²) in [5.41, 5.74) is 0.749.